The molecule has 0 atom stereocenters. The molecule has 0 heterocycles. The average Bonchev–Trinajstić information content (AvgIpc) is 2.47. The van der Waals surface area contributed by atoms with Crippen molar-refractivity contribution in [2.24, 2.45) is 0 Å². The summed E-state index contributed by atoms with van der Waals surface area (Å²) in [6, 6.07) is 9.19. The smallest absolute Gasteiger partial charge is 0.245 e. The molecule has 0 radical (unpaired) electrons. The van der Waals surface area contributed by atoms with Gasteiger partial charge in [0.1, 0.15) is 18.2 Å². The Kier molecular flexibility index (Phi) is 5.55. The van der Waals surface area contributed by atoms with Crippen molar-refractivity contribution in [2.45, 2.75) is 0 Å². The Bertz CT molecular complexity index is 875. The van der Waals surface area contributed by atoms with Gasteiger partial charge >= 0.3 is 0 Å². The van der Waals surface area contributed by atoms with Crippen LogP contribution >= 0.6 is 15.9 Å². The van der Waals surface area contributed by atoms with Crippen LogP contribution in [0.25, 0.3) is 0 Å². The highest BCUT2D eigenvalue weighted by Crippen LogP contribution is 2.24. The molecule has 0 spiro atoms. The van der Waals surface area contributed by atoms with Gasteiger partial charge in [0.15, 0.2) is 0 Å². The van der Waals surface area contributed by atoms with Crippen LogP contribution in [0.4, 0.5) is 20.2 Å². The summed E-state index contributed by atoms with van der Waals surface area (Å²) < 4.78 is 51.9. The Morgan fingerprint density at radius 3 is 2.46 bits per heavy atom. The molecule has 24 heavy (non-hydrogen) atoms. The molecule has 5 nitrogen and oxygen atoms in total. The summed E-state index contributed by atoms with van der Waals surface area (Å²) in [5.41, 5.74) is 0.0386. The molecule has 128 valence electrons. The first-order valence-electron chi connectivity index (χ1n) is 6.65. The minimum absolute atomic E-state index is 0.402. The molecule has 0 aliphatic heterocycles. The second kappa shape index (κ2) is 7.27. The standard InChI is InChI=1S/C15H13BrF2N2O3S/c1-24(22,23)20(14-7-6-10(17)8-12(14)18)9-15(21)19-13-5-3-2-4-11(13)16/h2-8H,9H2,1H3,(H,19,21). The van der Waals surface area contributed by atoms with Crippen molar-refractivity contribution in [3.05, 3.63) is 58.6 Å². The van der Waals surface area contributed by atoms with Crippen molar-refractivity contribution in [1.29, 1.82) is 0 Å². The quantitative estimate of drug-likeness (QED) is 0.810. The minimum atomic E-state index is -3.95. The Labute approximate surface area is 146 Å². The van der Waals surface area contributed by atoms with Crippen molar-refractivity contribution in [1.82, 2.24) is 0 Å². The average molecular weight is 419 g/mol. The monoisotopic (exact) mass is 418 g/mol. The number of para-hydroxylation sites is 1. The number of carbonyl (C=O) groups excluding carboxylic acids is 1. The van der Waals surface area contributed by atoms with Gasteiger partial charge in [-0.1, -0.05) is 12.1 Å². The predicted octanol–water partition coefficient (Wildman–Crippen LogP) is 3.13. The van der Waals surface area contributed by atoms with E-state index in [2.05, 4.69) is 21.2 Å². The van der Waals surface area contributed by atoms with Crippen molar-refractivity contribution in [3.8, 4) is 0 Å². The summed E-state index contributed by atoms with van der Waals surface area (Å²) in [5.74, 6) is -2.59. The van der Waals surface area contributed by atoms with Crippen molar-refractivity contribution in [3.63, 3.8) is 0 Å². The number of anilines is 2. The van der Waals surface area contributed by atoms with Gasteiger partial charge in [-0.25, -0.2) is 17.2 Å². The van der Waals surface area contributed by atoms with Crippen LogP contribution in [0, 0.1) is 11.6 Å². The lowest BCUT2D eigenvalue weighted by Crippen LogP contribution is -2.38. The fraction of sp³-hybridized carbons (Fsp3) is 0.133. The van der Waals surface area contributed by atoms with Crippen LogP contribution < -0.4 is 9.62 Å². The van der Waals surface area contributed by atoms with Gasteiger partial charge in [-0.2, -0.15) is 0 Å². The topological polar surface area (TPSA) is 66.5 Å². The van der Waals surface area contributed by atoms with E-state index in [-0.39, 0.29) is 0 Å². The zero-order valence-electron chi connectivity index (χ0n) is 12.5. The molecule has 0 aliphatic carbocycles. The summed E-state index contributed by atoms with van der Waals surface area (Å²) in [6.07, 6.45) is 0.835. The number of rotatable bonds is 5. The Morgan fingerprint density at radius 1 is 1.21 bits per heavy atom. The second-order valence-corrected chi connectivity index (χ2v) is 7.65. The van der Waals surface area contributed by atoms with Gasteiger partial charge in [0.25, 0.3) is 0 Å². The Hall–Kier alpha value is -2.00. The number of amides is 1. The van der Waals surface area contributed by atoms with E-state index in [1.807, 2.05) is 0 Å². The molecule has 2 aromatic carbocycles. The van der Waals surface area contributed by atoms with Crippen LogP contribution in [-0.2, 0) is 14.8 Å². The SMILES string of the molecule is CS(=O)(=O)N(CC(=O)Nc1ccccc1Br)c1ccc(F)cc1F. The van der Waals surface area contributed by atoms with Crippen molar-refractivity contribution < 1.29 is 22.0 Å². The molecule has 0 unspecified atom stereocenters. The molecule has 0 aliphatic rings. The summed E-state index contributed by atoms with van der Waals surface area (Å²) in [5, 5.41) is 2.52. The molecule has 1 amide bonds. The van der Waals surface area contributed by atoms with E-state index in [1.54, 1.807) is 24.3 Å². The maximum absolute atomic E-state index is 13.9. The van der Waals surface area contributed by atoms with Gasteiger partial charge in [-0.15, -0.1) is 0 Å². The van der Waals surface area contributed by atoms with Crippen LogP contribution in [0.5, 0.6) is 0 Å². The molecule has 2 aromatic rings. The fourth-order valence-corrected chi connectivity index (χ4v) is 3.19. The molecule has 1 N–H and O–H groups in total. The normalized spacial score (nSPS) is 11.2. The summed E-state index contributed by atoms with van der Waals surface area (Å²) in [7, 11) is -3.95. The number of nitrogens with zero attached hydrogens (tertiary/aromatic N) is 1. The van der Waals surface area contributed by atoms with E-state index < -0.39 is 39.8 Å². The van der Waals surface area contributed by atoms with E-state index in [0.717, 1.165) is 18.4 Å². The molecule has 0 aromatic heterocycles. The largest absolute Gasteiger partial charge is 0.323 e. The maximum atomic E-state index is 13.9. The molecular weight excluding hydrogens is 406 g/mol. The number of benzene rings is 2. The highest BCUT2D eigenvalue weighted by molar-refractivity contribution is 9.10. The number of hydrogen-bond donors (Lipinski definition) is 1. The highest BCUT2D eigenvalue weighted by atomic mass is 79.9. The Balaban J connectivity index is 2.27. The van der Waals surface area contributed by atoms with E-state index in [9.17, 15) is 22.0 Å². The number of hydrogen-bond acceptors (Lipinski definition) is 3. The summed E-state index contributed by atoms with van der Waals surface area (Å²) >= 11 is 3.25. The van der Waals surface area contributed by atoms with E-state index in [4.69, 9.17) is 0 Å². The highest BCUT2D eigenvalue weighted by Gasteiger charge is 2.24. The Morgan fingerprint density at radius 2 is 1.88 bits per heavy atom. The van der Waals surface area contributed by atoms with Crippen molar-refractivity contribution in [2.75, 3.05) is 22.4 Å². The lowest BCUT2D eigenvalue weighted by atomic mass is 10.3. The lowest BCUT2D eigenvalue weighted by molar-refractivity contribution is -0.114. The molecule has 0 bridgehead atoms. The van der Waals surface area contributed by atoms with Crippen LogP contribution in [0.3, 0.4) is 0 Å². The molecule has 0 fully saturated rings. The minimum Gasteiger partial charge on any atom is -0.323 e. The molecule has 9 heteroatoms. The molecular formula is C15H13BrF2N2O3S. The zero-order chi connectivity index (χ0) is 17.9. The number of nitrogens with one attached hydrogen (secondary N) is 1. The summed E-state index contributed by atoms with van der Waals surface area (Å²) in [4.78, 5) is 12.1. The first-order valence-corrected chi connectivity index (χ1v) is 9.30. The zero-order valence-corrected chi connectivity index (χ0v) is 14.9. The van der Waals surface area contributed by atoms with Gasteiger partial charge < -0.3 is 5.32 Å². The van der Waals surface area contributed by atoms with E-state index in [0.29, 0.717) is 20.5 Å². The molecule has 0 saturated heterocycles. The molecule has 0 saturated carbocycles. The number of sulfonamides is 1. The van der Waals surface area contributed by atoms with Gasteiger partial charge in [0.05, 0.1) is 17.6 Å². The third-order valence-electron chi connectivity index (χ3n) is 3.01. The van der Waals surface area contributed by atoms with Crippen LogP contribution in [0.15, 0.2) is 46.9 Å². The third kappa shape index (κ3) is 4.51. The first-order chi connectivity index (χ1) is 11.2. The van der Waals surface area contributed by atoms with E-state index >= 15 is 0 Å². The lowest BCUT2D eigenvalue weighted by Gasteiger charge is -2.22. The van der Waals surface area contributed by atoms with Crippen LogP contribution in [0.1, 0.15) is 0 Å². The van der Waals surface area contributed by atoms with E-state index in [1.165, 1.54) is 0 Å². The van der Waals surface area contributed by atoms with Crippen LogP contribution in [-0.4, -0.2) is 27.1 Å². The van der Waals surface area contributed by atoms with Gasteiger partial charge in [0.2, 0.25) is 15.9 Å². The third-order valence-corrected chi connectivity index (χ3v) is 4.83. The van der Waals surface area contributed by atoms with Gasteiger partial charge in [0, 0.05) is 10.5 Å². The van der Waals surface area contributed by atoms with Gasteiger partial charge in [-0.05, 0) is 40.2 Å². The van der Waals surface area contributed by atoms with Crippen LogP contribution in [0.2, 0.25) is 0 Å². The summed E-state index contributed by atoms with van der Waals surface area (Å²) in [6.45, 7) is -0.650. The fourth-order valence-electron chi connectivity index (χ4n) is 1.95. The maximum Gasteiger partial charge on any atom is 0.245 e. The number of carbonyl (C=O) groups is 1. The first kappa shape index (κ1) is 18.3. The second-order valence-electron chi connectivity index (χ2n) is 4.89. The molecule has 2 rings (SSSR count). The predicted molar refractivity (Wildman–Crippen MR) is 91.3 cm³/mol. The van der Waals surface area contributed by atoms with Crippen molar-refractivity contribution >= 4 is 43.2 Å². The number of halogens is 3. The van der Waals surface area contributed by atoms with Gasteiger partial charge in [-0.3, -0.25) is 9.10 Å².